The molecular formula is C135H159N10+5. The Morgan fingerprint density at radius 1 is 0.193 bits per heavy atom. The number of benzene rings is 12. The van der Waals surface area contributed by atoms with Crippen LogP contribution >= 0.6 is 0 Å². The number of aromatic nitrogens is 10. The Labute approximate surface area is 875 Å². The van der Waals surface area contributed by atoms with Crippen LogP contribution in [0, 0.1) is 89.9 Å². The highest BCUT2D eigenvalue weighted by atomic mass is 15.4. The summed E-state index contributed by atoms with van der Waals surface area (Å²) in [5.74, 6) is 0. The van der Waals surface area contributed by atoms with Crippen LogP contribution < -0.4 is 23.4 Å². The van der Waals surface area contributed by atoms with Gasteiger partial charge < -0.3 is 0 Å². The number of rotatable bonds is 7. The Morgan fingerprint density at radius 3 is 0.669 bits per heavy atom. The van der Waals surface area contributed by atoms with Gasteiger partial charge in [-0.2, -0.15) is 0 Å². The Kier molecular flexibility index (Phi) is 23.2. The van der Waals surface area contributed by atoms with Gasteiger partial charge >= 0.3 is 0 Å². The van der Waals surface area contributed by atoms with E-state index in [1.165, 1.54) is 180 Å². The molecule has 0 bridgehead atoms. The molecule has 0 radical (unpaired) electrons. The van der Waals surface area contributed by atoms with E-state index in [9.17, 15) is 0 Å². The number of hydrogen-bond acceptors (Lipinski definition) is 0. The fraction of sp³-hybridized carbons (Fsp3) is 0.356. The maximum absolute atomic E-state index is 8.09. The van der Waals surface area contributed by atoms with Crippen molar-refractivity contribution in [2.24, 2.45) is 35.2 Å². The zero-order valence-electron chi connectivity index (χ0n) is 99.5. The lowest BCUT2D eigenvalue weighted by Gasteiger charge is -2.46. The fourth-order valence-corrected chi connectivity index (χ4v) is 25.1. The molecule has 12 aromatic carbocycles. The van der Waals surface area contributed by atoms with E-state index in [4.69, 9.17) is 8.22 Å². The first-order valence-electron chi connectivity index (χ1n) is 55.2. The van der Waals surface area contributed by atoms with Gasteiger partial charge in [-0.3, -0.25) is 0 Å². The van der Waals surface area contributed by atoms with Crippen molar-refractivity contribution in [2.45, 2.75) is 282 Å². The third-order valence-corrected chi connectivity index (χ3v) is 36.5. The van der Waals surface area contributed by atoms with Crippen LogP contribution in [0.1, 0.15) is 275 Å². The summed E-state index contributed by atoms with van der Waals surface area (Å²) in [6, 6.07) is 97.7. The van der Waals surface area contributed by atoms with Crippen molar-refractivity contribution < 1.29 is 31.6 Å². The molecule has 744 valence electrons. The lowest BCUT2D eigenvalue weighted by Crippen LogP contribution is -2.51. The van der Waals surface area contributed by atoms with Gasteiger partial charge in [0.1, 0.15) is 39.8 Å². The molecule has 5 aliphatic heterocycles. The lowest BCUT2D eigenvalue weighted by molar-refractivity contribution is -0.735. The van der Waals surface area contributed by atoms with Crippen LogP contribution in [-0.4, -0.2) is 23.4 Å². The molecule has 10 nitrogen and oxygen atoms in total. The average molecular weight is 1930 g/mol. The monoisotopic (exact) mass is 1930 g/mol. The maximum Gasteiger partial charge on any atom is 0.246 e. The molecule has 0 saturated carbocycles. The number of hydrogen-bond donors (Lipinski definition) is 0. The Hall–Kier alpha value is -13.3. The minimum Gasteiger partial charge on any atom is -0.124 e. The lowest BCUT2D eigenvalue weighted by atomic mass is 9.59. The quantitative estimate of drug-likeness (QED) is 0.143. The standard InChI is InChI=1S/2C31H35N2.2C25H31N2.C23H27N2/c2*1-20-17-21(2)19-24(18-20)28-26(23-14-10-9-11-15-23)29-31(6,7)30(4,5)25-16-12-13-22(3)27(25)33(29)32(28)8;2*1-16-12-17(2)14-19(13-16)21-15-22-25(6,7)24(4,5)20-11-9-10-18(3)23(20)27(22)26(21)8;1-16-11-10-14-18-21(16)25-20(23(4,5)22(18,2)3)15-19(24(25)6)17-12-8-7-9-13-17/h2*9-19H,1-8H3;2*9-15H,1-8H3;7-15H,1-6H3/q5*+1/i1D3;;1D3;;. The zero-order chi connectivity index (χ0) is 110. The Balaban J connectivity index is 0.000000124. The van der Waals surface area contributed by atoms with Gasteiger partial charge in [-0.15, -0.1) is 46.8 Å². The third-order valence-electron chi connectivity index (χ3n) is 36.5. The van der Waals surface area contributed by atoms with Gasteiger partial charge in [0.25, 0.3) is 0 Å². The third kappa shape index (κ3) is 15.8. The van der Waals surface area contributed by atoms with Crippen LogP contribution in [0.15, 0.2) is 273 Å². The van der Waals surface area contributed by atoms with Crippen molar-refractivity contribution in [3.63, 3.8) is 0 Å². The minimum absolute atomic E-state index is 0.0165. The van der Waals surface area contributed by atoms with Crippen molar-refractivity contribution in [1.82, 2.24) is 23.4 Å². The van der Waals surface area contributed by atoms with E-state index in [2.05, 4.69) is 525 Å². The smallest absolute Gasteiger partial charge is 0.124 e. The van der Waals surface area contributed by atoms with Crippen LogP contribution in [0.5, 0.6) is 0 Å². The van der Waals surface area contributed by atoms with Gasteiger partial charge in [-0.25, -0.2) is 0 Å². The Morgan fingerprint density at radius 2 is 0.407 bits per heavy atom. The van der Waals surface area contributed by atoms with Gasteiger partial charge in [0.15, 0.2) is 35.2 Å². The van der Waals surface area contributed by atoms with E-state index in [-0.39, 0.29) is 54.1 Å². The molecule has 0 fully saturated rings. The summed E-state index contributed by atoms with van der Waals surface area (Å²) >= 11 is 0. The second-order valence-electron chi connectivity index (χ2n) is 48.2. The molecule has 0 amide bonds. The minimum atomic E-state index is -2.17. The molecule has 5 aromatic heterocycles. The van der Waals surface area contributed by atoms with Gasteiger partial charge in [0.2, 0.25) is 28.5 Å². The molecule has 22 rings (SSSR count). The van der Waals surface area contributed by atoms with Crippen LogP contribution in [-0.2, 0) is 89.4 Å². The Bertz CT molecular complexity index is 8260. The summed E-state index contributed by atoms with van der Waals surface area (Å²) in [5, 5.41) is 0. The molecule has 0 unspecified atom stereocenters. The molecule has 10 heteroatoms. The number of aryl methyl sites for hydroxylation is 13. The first kappa shape index (κ1) is 94.0. The zero-order valence-corrected chi connectivity index (χ0v) is 93.5. The molecule has 0 N–H and O–H groups in total. The van der Waals surface area contributed by atoms with E-state index in [0.29, 0.717) is 11.1 Å². The molecule has 17 aromatic rings. The molecule has 0 aliphatic carbocycles. The van der Waals surface area contributed by atoms with Gasteiger partial charge in [-0.05, 0) is 217 Å². The number of fused-ring (bicyclic) bond motifs is 15. The first-order valence-corrected chi connectivity index (χ1v) is 52.2. The van der Waals surface area contributed by atoms with Crippen LogP contribution in [0.4, 0.5) is 0 Å². The summed E-state index contributed by atoms with van der Waals surface area (Å²) < 4.78 is 71.4. The number of para-hydroxylation sites is 5. The van der Waals surface area contributed by atoms with Gasteiger partial charge in [0, 0.05) is 108 Å². The van der Waals surface area contributed by atoms with Gasteiger partial charge in [0.05, 0.1) is 28.2 Å². The molecule has 0 saturated heterocycles. The summed E-state index contributed by atoms with van der Waals surface area (Å²) in [7, 11) is 10.8. The van der Waals surface area contributed by atoms with Crippen molar-refractivity contribution in [3.05, 3.63) is 402 Å². The fourth-order valence-electron chi connectivity index (χ4n) is 25.1. The summed E-state index contributed by atoms with van der Waals surface area (Å²) in [6.45, 7) is 66.7. The van der Waals surface area contributed by atoms with Crippen LogP contribution in [0.25, 0.3) is 107 Å². The van der Waals surface area contributed by atoms with Crippen molar-refractivity contribution >= 4 is 0 Å². The topological polar surface area (TPSA) is 44.0 Å². The van der Waals surface area contributed by atoms with E-state index < -0.39 is 13.7 Å². The highest BCUT2D eigenvalue weighted by Crippen LogP contribution is 2.60. The van der Waals surface area contributed by atoms with E-state index >= 15 is 0 Å². The second-order valence-corrected chi connectivity index (χ2v) is 48.2. The predicted octanol–water partition coefficient (Wildman–Crippen LogP) is 30.0. The van der Waals surface area contributed by atoms with E-state index in [1.54, 1.807) is 12.1 Å². The molecular weight excluding hydrogens is 1760 g/mol. The number of nitrogens with zero attached hydrogens (tertiary/aromatic N) is 10. The summed E-state index contributed by atoms with van der Waals surface area (Å²) in [4.78, 5) is 0. The summed E-state index contributed by atoms with van der Waals surface area (Å²) in [6.07, 6.45) is 0. The van der Waals surface area contributed by atoms with Crippen molar-refractivity contribution in [3.8, 4) is 107 Å². The van der Waals surface area contributed by atoms with E-state index in [0.717, 1.165) is 44.8 Å². The SMILES string of the molecule is Cc1cc(C)cc(-c2c(-c3ccccc3)c3n([n+]2C)-c2c(C)cccc2C(C)(C)C3(C)C)c1.Cc1cc(C)cc(-c2cc3n([n+]2C)-c2c(C)cccc2C(C)(C)C3(C)C)c1.Cc1cccc2c1-n1c(cc(-c3ccccc3)[n+]1C)C(C)(C)C2(C)C.[2H]C([2H])([2H])c1cc(C)cc(-c2c(-c3ccccc3)c3n([n+]2C)-c2c(C)cccc2C(C)(C)C3(C)C)c1.[2H]C([2H])([2H])c1cc(C)cc(-c2cc3n([n+]2C)-c2c(C)cccc2C(C)(C)C3(C)C)c1. The summed E-state index contributed by atoms with van der Waals surface area (Å²) in [5.41, 5.74) is 50.3. The van der Waals surface area contributed by atoms with E-state index in [1.807, 2.05) is 32.0 Å². The molecule has 145 heavy (non-hydrogen) atoms. The second kappa shape index (κ2) is 35.8. The molecule has 0 spiro atoms. The molecule has 10 heterocycles. The largest absolute Gasteiger partial charge is 0.246 e. The normalized spacial score (nSPS) is 17.1. The highest BCUT2D eigenvalue weighted by molar-refractivity contribution is 5.86. The molecule has 5 aliphatic rings. The average Bonchev–Trinajstić information content (AvgIpc) is 1.53. The van der Waals surface area contributed by atoms with Crippen molar-refractivity contribution in [1.29, 1.82) is 0 Å². The van der Waals surface area contributed by atoms with Crippen LogP contribution in [0.3, 0.4) is 0 Å². The predicted molar refractivity (Wildman–Crippen MR) is 605 cm³/mol. The van der Waals surface area contributed by atoms with Crippen molar-refractivity contribution in [2.75, 3.05) is 0 Å². The molecule has 0 atom stereocenters. The highest BCUT2D eigenvalue weighted by Gasteiger charge is 2.58. The maximum atomic E-state index is 8.09. The van der Waals surface area contributed by atoms with Gasteiger partial charge in [-0.1, -0.05) is 377 Å². The van der Waals surface area contributed by atoms with Crippen LogP contribution in [0.2, 0.25) is 0 Å². The first-order chi connectivity index (χ1) is 70.4.